The molecule has 3 aromatic carbocycles. The lowest BCUT2D eigenvalue weighted by Crippen LogP contribution is -1.90. The highest BCUT2D eigenvalue weighted by atomic mass is 16.3. The Hall–Kier alpha value is -3.13. The molecule has 0 spiro atoms. The number of benzene rings is 3. The van der Waals surface area contributed by atoms with Gasteiger partial charge in [0.05, 0.1) is 0 Å². The Kier molecular flexibility index (Phi) is 2.74. The van der Waals surface area contributed by atoms with Crippen molar-refractivity contribution in [1.82, 2.24) is 4.98 Å². The average Bonchev–Trinajstić information content (AvgIpc) is 3.01. The van der Waals surface area contributed by atoms with Gasteiger partial charge in [-0.25, -0.2) is 0 Å². The first kappa shape index (κ1) is 13.3. The van der Waals surface area contributed by atoms with Crippen molar-refractivity contribution in [2.45, 2.75) is 6.42 Å². The van der Waals surface area contributed by atoms with Crippen molar-refractivity contribution >= 4 is 10.9 Å². The molecule has 114 valence electrons. The highest BCUT2D eigenvalue weighted by Gasteiger charge is 2.22. The summed E-state index contributed by atoms with van der Waals surface area (Å²) in [6.45, 7) is 0. The van der Waals surface area contributed by atoms with E-state index < -0.39 is 0 Å². The largest absolute Gasteiger partial charge is 0.506 e. The Labute approximate surface area is 140 Å². The number of nitrogens with zero attached hydrogens (tertiary/aromatic N) is 1. The molecule has 0 fully saturated rings. The molecule has 0 saturated heterocycles. The number of phenolic OH excluding ortho intramolecular Hbond substituents is 1. The molecule has 1 aliphatic rings. The second kappa shape index (κ2) is 4.93. The maximum absolute atomic E-state index is 10.1. The Balaban J connectivity index is 1.81. The smallest absolute Gasteiger partial charge is 0.141 e. The summed E-state index contributed by atoms with van der Waals surface area (Å²) in [5, 5.41) is 11.1. The van der Waals surface area contributed by atoms with Crippen LogP contribution in [0.15, 0.2) is 72.9 Å². The number of hydrogen-bond acceptors (Lipinski definition) is 2. The van der Waals surface area contributed by atoms with Gasteiger partial charge in [-0.05, 0) is 58.0 Å². The molecule has 2 heteroatoms. The first-order chi connectivity index (χ1) is 11.8. The van der Waals surface area contributed by atoms with Crippen LogP contribution < -0.4 is 0 Å². The topological polar surface area (TPSA) is 33.1 Å². The molecule has 24 heavy (non-hydrogen) atoms. The summed E-state index contributed by atoms with van der Waals surface area (Å²) in [5.74, 6) is 0.227. The van der Waals surface area contributed by atoms with Crippen molar-refractivity contribution in [3.05, 3.63) is 84.1 Å². The molecule has 4 aromatic rings. The van der Waals surface area contributed by atoms with Gasteiger partial charge in [-0.15, -0.1) is 0 Å². The van der Waals surface area contributed by atoms with Gasteiger partial charge in [0, 0.05) is 11.6 Å². The Morgan fingerprint density at radius 2 is 1.50 bits per heavy atom. The summed E-state index contributed by atoms with van der Waals surface area (Å²) in [4.78, 5) is 4.35. The lowest BCUT2D eigenvalue weighted by Gasteiger charge is -2.12. The van der Waals surface area contributed by atoms with Gasteiger partial charge in [0.1, 0.15) is 11.3 Å². The molecule has 0 saturated carbocycles. The third kappa shape index (κ3) is 1.80. The van der Waals surface area contributed by atoms with Crippen LogP contribution in [0.2, 0.25) is 0 Å². The molecule has 0 unspecified atom stereocenters. The SMILES string of the molecule is Oc1ccc(-c2cccc3c2Cc2ccccc2-3)c2cccnc12. The van der Waals surface area contributed by atoms with Gasteiger partial charge in [0.25, 0.3) is 0 Å². The van der Waals surface area contributed by atoms with Crippen LogP contribution in [0, 0.1) is 0 Å². The maximum atomic E-state index is 10.1. The standard InChI is InChI=1S/C22H15NO/c24-21-11-10-18(19-9-4-12-23-22(19)21)17-8-3-7-16-15-6-2-1-5-14(15)13-20(16)17/h1-12,24H,13H2. The van der Waals surface area contributed by atoms with E-state index >= 15 is 0 Å². The fraction of sp³-hybridized carbons (Fsp3) is 0.0455. The normalized spacial score (nSPS) is 12.2. The van der Waals surface area contributed by atoms with Crippen LogP contribution in [-0.4, -0.2) is 10.1 Å². The molecule has 0 atom stereocenters. The Morgan fingerprint density at radius 1 is 0.708 bits per heavy atom. The van der Waals surface area contributed by atoms with E-state index in [1.54, 1.807) is 12.3 Å². The minimum Gasteiger partial charge on any atom is -0.506 e. The van der Waals surface area contributed by atoms with Crippen LogP contribution in [0.25, 0.3) is 33.2 Å². The molecule has 1 aromatic heterocycles. The van der Waals surface area contributed by atoms with Crippen molar-refractivity contribution in [3.8, 4) is 28.0 Å². The van der Waals surface area contributed by atoms with E-state index in [0.29, 0.717) is 5.52 Å². The summed E-state index contributed by atoms with van der Waals surface area (Å²) in [6.07, 6.45) is 2.67. The van der Waals surface area contributed by atoms with E-state index in [4.69, 9.17) is 0 Å². The van der Waals surface area contributed by atoms with Crippen LogP contribution in [0.5, 0.6) is 5.75 Å². The first-order valence-electron chi connectivity index (χ1n) is 8.10. The number of aromatic hydroxyl groups is 1. The fourth-order valence-corrected chi connectivity index (χ4v) is 3.80. The van der Waals surface area contributed by atoms with Gasteiger partial charge in [0.15, 0.2) is 0 Å². The number of fused-ring (bicyclic) bond motifs is 4. The number of aromatic nitrogens is 1. The van der Waals surface area contributed by atoms with Crippen molar-refractivity contribution in [2.75, 3.05) is 0 Å². The fourth-order valence-electron chi connectivity index (χ4n) is 3.80. The zero-order valence-corrected chi connectivity index (χ0v) is 13.0. The van der Waals surface area contributed by atoms with Crippen LogP contribution in [-0.2, 0) is 6.42 Å². The summed E-state index contributed by atoms with van der Waals surface area (Å²) in [7, 11) is 0. The predicted molar refractivity (Wildman–Crippen MR) is 97.1 cm³/mol. The number of phenols is 1. The van der Waals surface area contributed by atoms with Gasteiger partial charge >= 0.3 is 0 Å². The molecule has 0 bridgehead atoms. The van der Waals surface area contributed by atoms with E-state index in [1.165, 1.54) is 27.8 Å². The quantitative estimate of drug-likeness (QED) is 0.463. The number of hydrogen-bond donors (Lipinski definition) is 1. The maximum Gasteiger partial charge on any atom is 0.141 e. The molecule has 1 N–H and O–H groups in total. The molecular weight excluding hydrogens is 294 g/mol. The highest BCUT2D eigenvalue weighted by Crippen LogP contribution is 2.43. The molecule has 0 radical (unpaired) electrons. The van der Waals surface area contributed by atoms with Gasteiger partial charge < -0.3 is 5.11 Å². The van der Waals surface area contributed by atoms with Gasteiger partial charge in [-0.1, -0.05) is 48.5 Å². The zero-order valence-electron chi connectivity index (χ0n) is 13.0. The van der Waals surface area contributed by atoms with Crippen molar-refractivity contribution in [2.24, 2.45) is 0 Å². The Morgan fingerprint density at radius 3 is 2.42 bits per heavy atom. The second-order valence-corrected chi connectivity index (χ2v) is 6.20. The summed E-state index contributed by atoms with van der Waals surface area (Å²) < 4.78 is 0. The van der Waals surface area contributed by atoms with Crippen molar-refractivity contribution < 1.29 is 5.11 Å². The number of pyridine rings is 1. The van der Waals surface area contributed by atoms with Crippen molar-refractivity contribution in [1.29, 1.82) is 0 Å². The monoisotopic (exact) mass is 309 g/mol. The third-order valence-electron chi connectivity index (χ3n) is 4.89. The van der Waals surface area contributed by atoms with Crippen LogP contribution in [0.4, 0.5) is 0 Å². The van der Waals surface area contributed by atoms with E-state index in [1.807, 2.05) is 18.2 Å². The lowest BCUT2D eigenvalue weighted by molar-refractivity contribution is 0.480. The second-order valence-electron chi connectivity index (χ2n) is 6.20. The molecule has 5 rings (SSSR count). The van der Waals surface area contributed by atoms with E-state index in [2.05, 4.69) is 47.4 Å². The van der Waals surface area contributed by atoms with Crippen LogP contribution >= 0.6 is 0 Å². The summed E-state index contributed by atoms with van der Waals surface area (Å²) in [6, 6.07) is 22.8. The molecule has 2 nitrogen and oxygen atoms in total. The van der Waals surface area contributed by atoms with Crippen LogP contribution in [0.3, 0.4) is 0 Å². The first-order valence-corrected chi connectivity index (χ1v) is 8.10. The minimum atomic E-state index is 0.227. The van der Waals surface area contributed by atoms with Crippen LogP contribution in [0.1, 0.15) is 11.1 Å². The summed E-state index contributed by atoms with van der Waals surface area (Å²) >= 11 is 0. The zero-order chi connectivity index (χ0) is 16.1. The van der Waals surface area contributed by atoms with E-state index in [0.717, 1.165) is 17.4 Å². The van der Waals surface area contributed by atoms with Gasteiger partial charge in [-0.3, -0.25) is 4.98 Å². The lowest BCUT2D eigenvalue weighted by atomic mass is 9.93. The van der Waals surface area contributed by atoms with Crippen molar-refractivity contribution in [3.63, 3.8) is 0 Å². The number of rotatable bonds is 1. The highest BCUT2D eigenvalue weighted by molar-refractivity contribution is 6.00. The molecule has 1 aliphatic carbocycles. The Bertz CT molecular complexity index is 1100. The molecular formula is C22H15NO. The minimum absolute atomic E-state index is 0.227. The average molecular weight is 309 g/mol. The van der Waals surface area contributed by atoms with E-state index in [-0.39, 0.29) is 5.75 Å². The molecule has 1 heterocycles. The molecule has 0 amide bonds. The predicted octanol–water partition coefficient (Wildman–Crippen LogP) is 5.18. The van der Waals surface area contributed by atoms with Gasteiger partial charge in [-0.2, -0.15) is 0 Å². The molecule has 0 aliphatic heterocycles. The third-order valence-corrected chi connectivity index (χ3v) is 4.89. The summed E-state index contributed by atoms with van der Waals surface area (Å²) in [5.41, 5.74) is 8.38. The van der Waals surface area contributed by atoms with E-state index in [9.17, 15) is 5.11 Å². The van der Waals surface area contributed by atoms with Gasteiger partial charge in [0.2, 0.25) is 0 Å².